The molecule has 1 heterocycles. The summed E-state index contributed by atoms with van der Waals surface area (Å²) in [6.45, 7) is 2.07. The van der Waals surface area contributed by atoms with Crippen LogP contribution in [0.5, 0.6) is 23.0 Å². The Balaban J connectivity index is 1.56. The summed E-state index contributed by atoms with van der Waals surface area (Å²) < 4.78 is 23.4. The van der Waals surface area contributed by atoms with Gasteiger partial charge in [0, 0.05) is 36.7 Å². The average molecular weight is 647 g/mol. The van der Waals surface area contributed by atoms with Gasteiger partial charge in [-0.2, -0.15) is 0 Å². The minimum absolute atomic E-state index is 0.215. The van der Waals surface area contributed by atoms with Gasteiger partial charge in [0.25, 0.3) is 0 Å². The Morgan fingerprint density at radius 2 is 1.57 bits per heavy atom. The number of methoxy groups -OCH3 is 3. The van der Waals surface area contributed by atoms with Crippen LogP contribution in [0.1, 0.15) is 42.4 Å². The molecule has 250 valence electrons. The third-order valence-electron chi connectivity index (χ3n) is 9.19. The fourth-order valence-corrected chi connectivity index (χ4v) is 6.93. The molecule has 2 bridgehead atoms. The summed E-state index contributed by atoms with van der Waals surface area (Å²) >= 11 is 0. The lowest BCUT2D eigenvalue weighted by Crippen LogP contribution is -2.56. The number of unbranched alkanes of at least 4 members (excludes halogenated alkanes) is 1. The lowest BCUT2D eigenvalue weighted by molar-refractivity contribution is -0.159. The number of ether oxygens (including phenoxy) is 4. The van der Waals surface area contributed by atoms with E-state index in [0.717, 1.165) is 0 Å². The molecule has 3 aromatic rings. The molecular formula is C36H42N2O9. The molecule has 2 aliphatic rings. The molecule has 11 nitrogen and oxygen atoms in total. The Hall–Kier alpha value is -4.58. The number of rotatable bonds is 13. The van der Waals surface area contributed by atoms with Gasteiger partial charge in [-0.25, -0.2) is 0 Å². The first-order valence-corrected chi connectivity index (χ1v) is 15.6. The maximum Gasteiger partial charge on any atom is 0.246 e. The zero-order chi connectivity index (χ0) is 33.8. The van der Waals surface area contributed by atoms with Crippen molar-refractivity contribution < 1.29 is 43.9 Å². The number of hydrogen-bond donors (Lipinski definition) is 5. The van der Waals surface area contributed by atoms with Crippen LogP contribution < -0.4 is 29.6 Å². The van der Waals surface area contributed by atoms with E-state index in [1.807, 2.05) is 30.3 Å². The molecule has 0 unspecified atom stereocenters. The minimum Gasteiger partial charge on any atom is -0.497 e. The molecule has 1 fully saturated rings. The van der Waals surface area contributed by atoms with Crippen LogP contribution in [0.4, 0.5) is 0 Å². The summed E-state index contributed by atoms with van der Waals surface area (Å²) in [4.78, 5) is 26.6. The number of fused-ring (bicyclic) bond motifs is 4. The van der Waals surface area contributed by atoms with E-state index in [-0.39, 0.29) is 36.1 Å². The van der Waals surface area contributed by atoms with Crippen LogP contribution in [0.25, 0.3) is 0 Å². The van der Waals surface area contributed by atoms with Crippen LogP contribution in [0, 0.1) is 5.92 Å². The third-order valence-corrected chi connectivity index (χ3v) is 9.19. The zero-order valence-corrected chi connectivity index (χ0v) is 27.0. The first-order chi connectivity index (χ1) is 22.7. The highest BCUT2D eigenvalue weighted by Crippen LogP contribution is 2.68. The van der Waals surface area contributed by atoms with E-state index in [1.165, 1.54) is 20.3 Å². The van der Waals surface area contributed by atoms with E-state index >= 15 is 0 Å². The lowest BCUT2D eigenvalue weighted by Gasteiger charge is -2.45. The average Bonchev–Trinajstić information content (AvgIpc) is 3.22. The number of amides is 2. The SMILES string of the molecule is COc1ccc([C@]23Oc4cc(OC)cc(OC)c4[C@](O)([C@@H](c4ccccc4)[C@@H]2C(=O)NCCCCNC(=O)/C(C)=C/CO)[C@@H]3O)cc1. The number of aliphatic hydroxyl groups is 3. The van der Waals surface area contributed by atoms with E-state index in [2.05, 4.69) is 10.6 Å². The van der Waals surface area contributed by atoms with E-state index in [9.17, 15) is 19.8 Å². The molecule has 5 rings (SSSR count). The van der Waals surface area contributed by atoms with Gasteiger partial charge in [-0.15, -0.1) is 0 Å². The second kappa shape index (κ2) is 14.0. The zero-order valence-electron chi connectivity index (χ0n) is 27.0. The summed E-state index contributed by atoms with van der Waals surface area (Å²) in [5.41, 5.74) is -2.00. The van der Waals surface area contributed by atoms with Gasteiger partial charge in [-0.05, 0) is 43.0 Å². The first kappa shape index (κ1) is 33.8. The van der Waals surface area contributed by atoms with Crippen molar-refractivity contribution in [3.8, 4) is 23.0 Å². The van der Waals surface area contributed by atoms with Gasteiger partial charge in [-0.3, -0.25) is 9.59 Å². The Labute approximate surface area is 274 Å². The smallest absolute Gasteiger partial charge is 0.246 e. The Kier molecular flexibility index (Phi) is 10.1. The van der Waals surface area contributed by atoms with Crippen molar-refractivity contribution >= 4 is 11.8 Å². The van der Waals surface area contributed by atoms with Gasteiger partial charge < -0.3 is 44.9 Å². The van der Waals surface area contributed by atoms with Crippen molar-refractivity contribution in [3.63, 3.8) is 0 Å². The van der Waals surface area contributed by atoms with Crippen LogP contribution in [0.15, 0.2) is 78.4 Å². The normalized spacial score (nSPS) is 24.5. The molecule has 2 amide bonds. The molecule has 1 aliphatic heterocycles. The molecule has 0 spiro atoms. The second-order valence-corrected chi connectivity index (χ2v) is 11.7. The van der Waals surface area contributed by atoms with Crippen LogP contribution in [0.3, 0.4) is 0 Å². The number of benzene rings is 3. The minimum atomic E-state index is -2.03. The third kappa shape index (κ3) is 5.90. The molecule has 1 aliphatic carbocycles. The highest BCUT2D eigenvalue weighted by atomic mass is 16.5. The molecule has 11 heteroatoms. The van der Waals surface area contributed by atoms with Crippen molar-refractivity contribution in [2.45, 2.75) is 43.0 Å². The molecule has 5 N–H and O–H groups in total. The summed E-state index contributed by atoms with van der Waals surface area (Å²) in [6.07, 6.45) is 0.959. The van der Waals surface area contributed by atoms with E-state index in [0.29, 0.717) is 47.6 Å². The number of carbonyl (C=O) groups excluding carboxylic acids is 2. The van der Waals surface area contributed by atoms with E-state index in [1.54, 1.807) is 50.4 Å². The Morgan fingerprint density at radius 1 is 0.915 bits per heavy atom. The molecule has 1 saturated carbocycles. The Bertz CT molecular complexity index is 1610. The highest BCUT2D eigenvalue weighted by molar-refractivity contribution is 5.92. The van der Waals surface area contributed by atoms with E-state index < -0.39 is 35.0 Å². The standard InChI is InChI=1S/C36H42N2O9/c1-22(16-19-39)32(40)37-17-8-9-18-38-33(41)31-29(23-10-6-5-7-11-23)35(43)30-27(46-4)20-26(45-3)21-28(30)47-36(31,34(35)42)24-12-14-25(44-2)15-13-24/h5-7,10-16,20-21,29,31,34,39,42-43H,8-9,17-19H2,1-4H3,(H,37,40)(H,38,41)/b22-16+/t29-,31+,34-,35+,36-/m0/s1. The predicted molar refractivity (Wildman–Crippen MR) is 174 cm³/mol. The van der Waals surface area contributed by atoms with Crippen molar-refractivity contribution in [2.24, 2.45) is 5.92 Å². The molecule has 5 atom stereocenters. The van der Waals surface area contributed by atoms with Gasteiger partial charge in [0.15, 0.2) is 5.60 Å². The quantitative estimate of drug-likeness (QED) is 0.139. The van der Waals surface area contributed by atoms with Crippen molar-refractivity contribution in [1.82, 2.24) is 10.6 Å². The fourth-order valence-electron chi connectivity index (χ4n) is 6.93. The molecule has 47 heavy (non-hydrogen) atoms. The fraction of sp³-hybridized carbons (Fsp3) is 0.389. The number of nitrogens with one attached hydrogen (secondary N) is 2. The predicted octanol–water partition coefficient (Wildman–Crippen LogP) is 2.91. The topological polar surface area (TPSA) is 156 Å². The van der Waals surface area contributed by atoms with Gasteiger partial charge >= 0.3 is 0 Å². The molecule has 0 aromatic heterocycles. The lowest BCUT2D eigenvalue weighted by atomic mass is 9.75. The summed E-state index contributed by atoms with van der Waals surface area (Å²) in [6, 6.07) is 19.3. The first-order valence-electron chi connectivity index (χ1n) is 15.6. The van der Waals surface area contributed by atoms with Crippen LogP contribution >= 0.6 is 0 Å². The molecular weight excluding hydrogens is 604 g/mol. The number of aliphatic hydroxyl groups excluding tert-OH is 2. The number of carbonyl (C=O) groups is 2. The summed E-state index contributed by atoms with van der Waals surface area (Å²) in [5.74, 6) is -1.32. The summed E-state index contributed by atoms with van der Waals surface area (Å²) in [7, 11) is 4.50. The maximum absolute atomic E-state index is 14.5. The van der Waals surface area contributed by atoms with Crippen LogP contribution in [-0.2, 0) is 20.8 Å². The van der Waals surface area contributed by atoms with Crippen LogP contribution in [-0.4, -0.2) is 74.3 Å². The van der Waals surface area contributed by atoms with Crippen LogP contribution in [0.2, 0.25) is 0 Å². The van der Waals surface area contributed by atoms with E-state index in [4.69, 9.17) is 24.1 Å². The Morgan fingerprint density at radius 3 is 2.19 bits per heavy atom. The monoisotopic (exact) mass is 646 g/mol. The number of hydrogen-bond acceptors (Lipinski definition) is 9. The maximum atomic E-state index is 14.5. The van der Waals surface area contributed by atoms with Crippen molar-refractivity contribution in [1.29, 1.82) is 0 Å². The van der Waals surface area contributed by atoms with Gasteiger partial charge in [0.05, 0.1) is 39.4 Å². The molecule has 0 radical (unpaired) electrons. The molecule has 3 aromatic carbocycles. The largest absolute Gasteiger partial charge is 0.497 e. The van der Waals surface area contributed by atoms with Gasteiger partial charge in [0.2, 0.25) is 11.8 Å². The van der Waals surface area contributed by atoms with Crippen molar-refractivity contribution in [2.75, 3.05) is 41.0 Å². The second-order valence-electron chi connectivity index (χ2n) is 11.7. The van der Waals surface area contributed by atoms with Gasteiger partial charge in [-0.1, -0.05) is 48.5 Å². The highest BCUT2D eigenvalue weighted by Gasteiger charge is 2.76. The molecule has 0 saturated heterocycles. The summed E-state index contributed by atoms with van der Waals surface area (Å²) in [5, 5.41) is 40.2. The van der Waals surface area contributed by atoms with Crippen molar-refractivity contribution in [3.05, 3.63) is 95.1 Å². The van der Waals surface area contributed by atoms with Gasteiger partial charge in [0.1, 0.15) is 34.7 Å².